The van der Waals surface area contributed by atoms with E-state index >= 15 is 0 Å². The lowest BCUT2D eigenvalue weighted by Gasteiger charge is -2.13. The third kappa shape index (κ3) is 3.30. The van der Waals surface area contributed by atoms with Gasteiger partial charge in [-0.25, -0.2) is 0 Å². The number of hydrogen-bond donors (Lipinski definition) is 0. The van der Waals surface area contributed by atoms with Crippen molar-refractivity contribution in [2.45, 2.75) is 51.4 Å². The third-order valence-electron chi connectivity index (χ3n) is 4.52. The van der Waals surface area contributed by atoms with Crippen molar-refractivity contribution in [3.05, 3.63) is 70.8 Å². The average Bonchev–Trinajstić information content (AvgIpc) is 2.56. The standard InChI is InChI=1S/2C10H12/c2*1-2-6-10-8-4-3-7-9(10)5-1/h2*1-2,5-6H,3-4,7-8H2. The molecular weight excluding hydrogens is 240 g/mol. The van der Waals surface area contributed by atoms with Crippen LogP contribution >= 0.6 is 0 Å². The maximum absolute atomic E-state index is 2.26. The van der Waals surface area contributed by atoms with Crippen LogP contribution in [0.15, 0.2) is 48.5 Å². The molecule has 0 heteroatoms. The normalized spacial score (nSPS) is 16.4. The highest BCUT2D eigenvalue weighted by molar-refractivity contribution is 5.29. The molecule has 0 heterocycles. The number of rotatable bonds is 0. The molecule has 0 bridgehead atoms. The van der Waals surface area contributed by atoms with Gasteiger partial charge in [-0.15, -0.1) is 0 Å². The van der Waals surface area contributed by atoms with Crippen molar-refractivity contribution in [3.8, 4) is 0 Å². The molecule has 0 fully saturated rings. The molecule has 104 valence electrons. The Bertz CT molecular complexity index is 452. The van der Waals surface area contributed by atoms with E-state index in [1.165, 1.54) is 51.4 Å². The summed E-state index contributed by atoms with van der Waals surface area (Å²) in [5, 5.41) is 0. The molecule has 2 aromatic rings. The van der Waals surface area contributed by atoms with Gasteiger partial charge in [0.15, 0.2) is 0 Å². The lowest BCUT2D eigenvalue weighted by molar-refractivity contribution is 0.685. The fraction of sp³-hybridized carbons (Fsp3) is 0.400. The second-order valence-electron chi connectivity index (χ2n) is 5.95. The predicted molar refractivity (Wildman–Crippen MR) is 86.2 cm³/mol. The van der Waals surface area contributed by atoms with Crippen LogP contribution < -0.4 is 0 Å². The van der Waals surface area contributed by atoms with Gasteiger partial charge in [0, 0.05) is 0 Å². The van der Waals surface area contributed by atoms with Crippen LogP contribution in [0.1, 0.15) is 47.9 Å². The van der Waals surface area contributed by atoms with Crippen molar-refractivity contribution >= 4 is 0 Å². The van der Waals surface area contributed by atoms with Crippen LogP contribution in [-0.4, -0.2) is 0 Å². The van der Waals surface area contributed by atoms with E-state index in [0.717, 1.165) is 0 Å². The Hall–Kier alpha value is -1.56. The lowest BCUT2D eigenvalue weighted by atomic mass is 9.92. The minimum atomic E-state index is 1.30. The zero-order valence-electron chi connectivity index (χ0n) is 12.3. The van der Waals surface area contributed by atoms with Gasteiger partial charge < -0.3 is 0 Å². The van der Waals surface area contributed by atoms with Crippen LogP contribution in [-0.2, 0) is 25.7 Å². The highest BCUT2D eigenvalue weighted by atomic mass is 14.1. The first-order valence-corrected chi connectivity index (χ1v) is 8.07. The largest absolute Gasteiger partial charge is 0.0620 e. The lowest BCUT2D eigenvalue weighted by Crippen LogP contribution is -2.00. The number of benzene rings is 2. The van der Waals surface area contributed by atoms with E-state index in [0.29, 0.717) is 0 Å². The maximum atomic E-state index is 2.26. The van der Waals surface area contributed by atoms with Crippen molar-refractivity contribution < 1.29 is 0 Å². The van der Waals surface area contributed by atoms with Gasteiger partial charge in [-0.3, -0.25) is 0 Å². The summed E-state index contributed by atoms with van der Waals surface area (Å²) in [7, 11) is 0. The topological polar surface area (TPSA) is 0 Å². The van der Waals surface area contributed by atoms with Gasteiger partial charge in [0.1, 0.15) is 0 Å². The van der Waals surface area contributed by atoms with Gasteiger partial charge in [0.2, 0.25) is 0 Å². The van der Waals surface area contributed by atoms with E-state index in [1.54, 1.807) is 22.3 Å². The Morgan fingerprint density at radius 1 is 0.400 bits per heavy atom. The molecule has 0 amide bonds. The van der Waals surface area contributed by atoms with E-state index in [-0.39, 0.29) is 0 Å². The fourth-order valence-electron chi connectivity index (χ4n) is 3.35. The van der Waals surface area contributed by atoms with E-state index in [4.69, 9.17) is 0 Å². The summed E-state index contributed by atoms with van der Waals surface area (Å²) >= 11 is 0. The molecule has 4 rings (SSSR count). The Morgan fingerprint density at radius 3 is 0.900 bits per heavy atom. The summed E-state index contributed by atoms with van der Waals surface area (Å²) < 4.78 is 0. The summed E-state index contributed by atoms with van der Waals surface area (Å²) in [5.74, 6) is 0. The molecule has 0 aromatic heterocycles. The molecule has 0 N–H and O–H groups in total. The van der Waals surface area contributed by atoms with Crippen molar-refractivity contribution in [2.24, 2.45) is 0 Å². The molecule has 0 unspecified atom stereocenters. The van der Waals surface area contributed by atoms with Crippen LogP contribution in [0.2, 0.25) is 0 Å². The fourth-order valence-corrected chi connectivity index (χ4v) is 3.35. The second kappa shape index (κ2) is 6.74. The van der Waals surface area contributed by atoms with Crippen LogP contribution in [0.25, 0.3) is 0 Å². The van der Waals surface area contributed by atoms with Crippen LogP contribution in [0.3, 0.4) is 0 Å². The highest BCUT2D eigenvalue weighted by Gasteiger charge is 2.06. The van der Waals surface area contributed by atoms with E-state index < -0.39 is 0 Å². The number of aryl methyl sites for hydroxylation is 4. The molecule has 2 aromatic carbocycles. The number of hydrogen-bond acceptors (Lipinski definition) is 0. The van der Waals surface area contributed by atoms with Gasteiger partial charge >= 0.3 is 0 Å². The maximum Gasteiger partial charge on any atom is -0.0276 e. The molecule has 2 aliphatic carbocycles. The quantitative estimate of drug-likeness (QED) is 0.618. The van der Waals surface area contributed by atoms with Crippen LogP contribution in [0.5, 0.6) is 0 Å². The van der Waals surface area contributed by atoms with E-state index in [2.05, 4.69) is 48.5 Å². The SMILES string of the molecule is c1ccc2c(c1)CCCC2.c1ccc2c(c1)CCCC2. The first-order valence-electron chi connectivity index (χ1n) is 8.07. The van der Waals surface area contributed by atoms with Crippen LogP contribution in [0.4, 0.5) is 0 Å². The van der Waals surface area contributed by atoms with Crippen molar-refractivity contribution in [1.82, 2.24) is 0 Å². The van der Waals surface area contributed by atoms with Gasteiger partial charge in [0.25, 0.3) is 0 Å². The summed E-state index contributed by atoms with van der Waals surface area (Å²) in [6, 6.07) is 17.6. The molecule has 0 aliphatic heterocycles. The minimum absolute atomic E-state index is 1.30. The Morgan fingerprint density at radius 2 is 0.650 bits per heavy atom. The minimum Gasteiger partial charge on any atom is -0.0620 e. The molecule has 0 atom stereocenters. The van der Waals surface area contributed by atoms with Crippen molar-refractivity contribution in [3.63, 3.8) is 0 Å². The van der Waals surface area contributed by atoms with Crippen molar-refractivity contribution in [2.75, 3.05) is 0 Å². The average molecular weight is 264 g/mol. The van der Waals surface area contributed by atoms with Crippen molar-refractivity contribution in [1.29, 1.82) is 0 Å². The molecule has 0 saturated carbocycles. The Kier molecular flexibility index (Phi) is 4.53. The first kappa shape index (κ1) is 13.4. The van der Waals surface area contributed by atoms with E-state index in [9.17, 15) is 0 Å². The van der Waals surface area contributed by atoms with Gasteiger partial charge in [-0.05, 0) is 73.6 Å². The predicted octanol–water partition coefficient (Wildman–Crippen LogP) is 5.13. The smallest absolute Gasteiger partial charge is 0.0276 e. The summed E-state index contributed by atoms with van der Waals surface area (Å²) in [6.07, 6.45) is 10.8. The van der Waals surface area contributed by atoms with Gasteiger partial charge in [-0.2, -0.15) is 0 Å². The van der Waals surface area contributed by atoms with Crippen LogP contribution in [0, 0.1) is 0 Å². The molecule has 0 saturated heterocycles. The third-order valence-corrected chi connectivity index (χ3v) is 4.52. The Labute approximate surface area is 122 Å². The van der Waals surface area contributed by atoms with Gasteiger partial charge in [-0.1, -0.05) is 48.5 Å². The summed E-state index contributed by atoms with van der Waals surface area (Å²) in [5.41, 5.74) is 6.31. The number of fused-ring (bicyclic) bond motifs is 2. The monoisotopic (exact) mass is 264 g/mol. The second-order valence-corrected chi connectivity index (χ2v) is 5.95. The zero-order chi connectivity index (χ0) is 13.6. The molecule has 2 aliphatic rings. The molecule has 0 spiro atoms. The molecule has 20 heavy (non-hydrogen) atoms. The van der Waals surface area contributed by atoms with Gasteiger partial charge in [0.05, 0.1) is 0 Å². The summed E-state index contributed by atoms with van der Waals surface area (Å²) in [4.78, 5) is 0. The molecule has 0 nitrogen and oxygen atoms in total. The zero-order valence-corrected chi connectivity index (χ0v) is 12.3. The highest BCUT2D eigenvalue weighted by Crippen LogP contribution is 2.20. The Balaban J connectivity index is 0.000000121. The van der Waals surface area contributed by atoms with E-state index in [1.807, 2.05) is 0 Å². The first-order chi connectivity index (χ1) is 9.93. The molecular formula is C20H24. The molecule has 0 radical (unpaired) electrons. The summed E-state index contributed by atoms with van der Waals surface area (Å²) in [6.45, 7) is 0.